The number of nitrogens with zero attached hydrogens (tertiary/aromatic N) is 2. The highest BCUT2D eigenvalue weighted by Gasteiger charge is 2.21. The summed E-state index contributed by atoms with van der Waals surface area (Å²) in [5.41, 5.74) is 3.04. The number of nitrogens with one attached hydrogen (secondary N) is 1. The number of benzene rings is 2. The number of fused-ring (bicyclic) bond motifs is 1. The van der Waals surface area contributed by atoms with Gasteiger partial charge >= 0.3 is 0 Å². The van der Waals surface area contributed by atoms with Crippen LogP contribution in [-0.4, -0.2) is 22.3 Å². The van der Waals surface area contributed by atoms with Crippen LogP contribution < -0.4 is 14.4 Å². The highest BCUT2D eigenvalue weighted by Crippen LogP contribution is 2.38. The molecule has 4 rings (SSSR count). The number of aryl methyl sites for hydroxylation is 1. The quantitative estimate of drug-likeness (QED) is 0.679. The van der Waals surface area contributed by atoms with Crippen molar-refractivity contribution in [2.24, 2.45) is 0 Å². The van der Waals surface area contributed by atoms with Crippen molar-refractivity contribution in [2.45, 2.75) is 11.8 Å². The number of rotatable bonds is 4. The molecule has 0 aliphatic carbocycles. The molecule has 0 radical (unpaired) electrons. The first-order chi connectivity index (χ1) is 12.6. The van der Waals surface area contributed by atoms with Gasteiger partial charge in [0.15, 0.2) is 16.1 Å². The van der Waals surface area contributed by atoms with Crippen LogP contribution >= 0.6 is 22.9 Å². The molecule has 1 aromatic heterocycles. The fourth-order valence-corrected chi connectivity index (χ4v) is 4.44. The van der Waals surface area contributed by atoms with Crippen molar-refractivity contribution in [3.05, 3.63) is 58.6 Å². The van der Waals surface area contributed by atoms with Crippen LogP contribution in [0.1, 0.15) is 5.56 Å². The second-order valence-corrected chi connectivity index (χ2v) is 8.29. The summed E-state index contributed by atoms with van der Waals surface area (Å²) >= 11 is 7.55. The van der Waals surface area contributed by atoms with Gasteiger partial charge in [-0.3, -0.25) is 4.72 Å². The Morgan fingerprint density at radius 1 is 1.31 bits per heavy atom. The molecule has 26 heavy (non-hydrogen) atoms. The molecule has 0 fully saturated rings. The molecule has 8 heteroatoms. The topological polar surface area (TPSA) is 54.5 Å². The number of ether oxygens (including phenoxy) is 1. The predicted molar refractivity (Wildman–Crippen MR) is 107 cm³/mol. The van der Waals surface area contributed by atoms with Crippen molar-refractivity contribution in [1.29, 1.82) is 0 Å². The number of anilines is 3. The van der Waals surface area contributed by atoms with E-state index in [4.69, 9.17) is 16.3 Å². The zero-order valence-electron chi connectivity index (χ0n) is 13.9. The van der Waals surface area contributed by atoms with Gasteiger partial charge in [0.25, 0.3) is 0 Å². The SMILES string of the molecule is Cc1cc(N2CCOc3cc(S(=O)Nc4nccs4)ccc32)ccc1Cl. The van der Waals surface area contributed by atoms with Crippen LogP contribution in [-0.2, 0) is 11.0 Å². The van der Waals surface area contributed by atoms with Gasteiger partial charge in [-0.1, -0.05) is 11.6 Å². The predicted octanol–water partition coefficient (Wildman–Crippen LogP) is 4.77. The van der Waals surface area contributed by atoms with Gasteiger partial charge < -0.3 is 9.64 Å². The van der Waals surface area contributed by atoms with E-state index in [-0.39, 0.29) is 0 Å². The largest absolute Gasteiger partial charge is 0.489 e. The van der Waals surface area contributed by atoms with E-state index < -0.39 is 11.0 Å². The molecule has 2 heterocycles. The Labute approximate surface area is 163 Å². The third kappa shape index (κ3) is 3.42. The maximum Gasteiger partial charge on any atom is 0.194 e. The lowest BCUT2D eigenvalue weighted by molar-refractivity contribution is 0.313. The van der Waals surface area contributed by atoms with E-state index in [9.17, 15) is 4.21 Å². The van der Waals surface area contributed by atoms with Crippen molar-refractivity contribution in [3.63, 3.8) is 0 Å². The van der Waals surface area contributed by atoms with Crippen LogP contribution in [0, 0.1) is 6.92 Å². The molecule has 1 aliphatic rings. The zero-order valence-corrected chi connectivity index (χ0v) is 16.3. The fourth-order valence-electron chi connectivity index (χ4n) is 2.79. The summed E-state index contributed by atoms with van der Waals surface area (Å²) in [6.45, 7) is 3.29. The zero-order chi connectivity index (χ0) is 18.1. The molecule has 1 unspecified atom stereocenters. The van der Waals surface area contributed by atoms with E-state index in [1.54, 1.807) is 6.20 Å². The molecule has 1 N–H and O–H groups in total. The van der Waals surface area contributed by atoms with E-state index in [1.807, 2.05) is 42.6 Å². The van der Waals surface area contributed by atoms with Crippen molar-refractivity contribution in [1.82, 2.24) is 4.98 Å². The highest BCUT2D eigenvalue weighted by atomic mass is 35.5. The molecule has 5 nitrogen and oxygen atoms in total. The van der Waals surface area contributed by atoms with Gasteiger partial charge in [0.05, 0.1) is 17.1 Å². The van der Waals surface area contributed by atoms with Crippen LogP contribution in [0.4, 0.5) is 16.5 Å². The minimum absolute atomic E-state index is 0.560. The maximum atomic E-state index is 12.5. The average Bonchev–Trinajstić information content (AvgIpc) is 3.16. The van der Waals surface area contributed by atoms with Crippen LogP contribution in [0.2, 0.25) is 5.02 Å². The van der Waals surface area contributed by atoms with E-state index >= 15 is 0 Å². The third-order valence-corrected chi connectivity index (χ3v) is 6.38. The number of hydrogen-bond donors (Lipinski definition) is 1. The monoisotopic (exact) mass is 405 g/mol. The van der Waals surface area contributed by atoms with Crippen LogP contribution in [0.5, 0.6) is 5.75 Å². The second-order valence-electron chi connectivity index (χ2n) is 5.77. The van der Waals surface area contributed by atoms with Gasteiger partial charge in [-0.2, -0.15) is 0 Å². The molecule has 2 aromatic carbocycles. The van der Waals surface area contributed by atoms with E-state index in [0.717, 1.165) is 34.3 Å². The van der Waals surface area contributed by atoms with Crippen molar-refractivity contribution < 1.29 is 8.95 Å². The Morgan fingerprint density at radius 2 is 2.19 bits per heavy atom. The molecule has 0 spiro atoms. The first-order valence-electron chi connectivity index (χ1n) is 8.00. The Balaban J connectivity index is 1.63. The van der Waals surface area contributed by atoms with E-state index in [2.05, 4.69) is 20.7 Å². The highest BCUT2D eigenvalue weighted by molar-refractivity contribution is 7.86. The Morgan fingerprint density at radius 3 is 2.96 bits per heavy atom. The Hall–Kier alpha value is -2.09. The summed E-state index contributed by atoms with van der Waals surface area (Å²) in [6, 6.07) is 11.6. The van der Waals surface area contributed by atoms with Crippen LogP contribution in [0.15, 0.2) is 52.9 Å². The fraction of sp³-hybridized carbons (Fsp3) is 0.167. The second kappa shape index (κ2) is 7.26. The molecule has 1 atom stereocenters. The Bertz CT molecular complexity index is 963. The molecular weight excluding hydrogens is 390 g/mol. The molecule has 134 valence electrons. The molecule has 0 saturated heterocycles. The van der Waals surface area contributed by atoms with Crippen molar-refractivity contribution in [3.8, 4) is 5.75 Å². The maximum absolute atomic E-state index is 12.5. The first-order valence-corrected chi connectivity index (χ1v) is 10.4. The molecule has 3 aromatic rings. The summed E-state index contributed by atoms with van der Waals surface area (Å²) in [7, 11) is -1.39. The van der Waals surface area contributed by atoms with Gasteiger partial charge in [0, 0.05) is 28.4 Å². The normalized spacial score (nSPS) is 14.5. The minimum atomic E-state index is -1.39. The van der Waals surface area contributed by atoms with E-state index in [1.165, 1.54) is 11.3 Å². The van der Waals surface area contributed by atoms with Crippen molar-refractivity contribution in [2.75, 3.05) is 22.8 Å². The lowest BCUT2D eigenvalue weighted by Crippen LogP contribution is -2.28. The lowest BCUT2D eigenvalue weighted by Gasteiger charge is -2.31. The van der Waals surface area contributed by atoms with Gasteiger partial charge in [0.2, 0.25) is 0 Å². The average molecular weight is 406 g/mol. The summed E-state index contributed by atoms with van der Waals surface area (Å²) in [4.78, 5) is 6.93. The molecular formula is C18H16ClN3O2S2. The minimum Gasteiger partial charge on any atom is -0.489 e. The van der Waals surface area contributed by atoms with Gasteiger partial charge in [-0.25, -0.2) is 9.19 Å². The smallest absolute Gasteiger partial charge is 0.194 e. The van der Waals surface area contributed by atoms with Crippen molar-refractivity contribution >= 4 is 50.4 Å². The standard InChI is InChI=1S/C18H16ClN3O2S2/c1-12-10-13(2-4-15(12)19)22-7-8-24-17-11-14(3-5-16(17)22)26(23)21-18-20-6-9-25-18/h2-6,9-11H,7-8H2,1H3,(H,20,21). The number of thiazole rings is 1. The number of halogens is 1. The number of aromatic nitrogens is 1. The first kappa shape index (κ1) is 17.3. The molecule has 0 bridgehead atoms. The summed E-state index contributed by atoms with van der Waals surface area (Å²) < 4.78 is 21.2. The van der Waals surface area contributed by atoms with Gasteiger partial charge in [-0.15, -0.1) is 11.3 Å². The van der Waals surface area contributed by atoms with Gasteiger partial charge in [-0.05, 0) is 42.8 Å². The van der Waals surface area contributed by atoms with Crippen LogP contribution in [0.25, 0.3) is 0 Å². The Kier molecular flexibility index (Phi) is 4.84. The van der Waals surface area contributed by atoms with E-state index in [0.29, 0.717) is 16.6 Å². The lowest BCUT2D eigenvalue weighted by atomic mass is 10.1. The summed E-state index contributed by atoms with van der Waals surface area (Å²) in [6.07, 6.45) is 1.67. The molecule has 1 aliphatic heterocycles. The third-order valence-electron chi connectivity index (χ3n) is 4.07. The molecule has 0 amide bonds. The van der Waals surface area contributed by atoms with Crippen LogP contribution in [0.3, 0.4) is 0 Å². The molecule has 0 saturated carbocycles. The summed E-state index contributed by atoms with van der Waals surface area (Å²) in [5, 5.41) is 3.21. The number of hydrogen-bond acceptors (Lipinski definition) is 5. The summed E-state index contributed by atoms with van der Waals surface area (Å²) in [5.74, 6) is 0.718. The van der Waals surface area contributed by atoms with Gasteiger partial charge in [0.1, 0.15) is 12.4 Å².